The number of hydrogen-bond donors (Lipinski definition) is 2. The zero-order chi connectivity index (χ0) is 15.4. The number of Topliss-reactive ketones (excluding diaryl/α,β-unsaturated/α-hetero) is 1. The molecule has 0 bridgehead atoms. The topological polar surface area (TPSA) is 83.5 Å². The van der Waals surface area contributed by atoms with Crippen LogP contribution in [0.3, 0.4) is 0 Å². The first-order valence-electron chi connectivity index (χ1n) is 6.42. The molecule has 0 aliphatic heterocycles. The van der Waals surface area contributed by atoms with E-state index in [1.807, 2.05) is 27.7 Å². The lowest BCUT2D eigenvalue weighted by Gasteiger charge is -2.34. The van der Waals surface area contributed by atoms with Gasteiger partial charge in [-0.25, -0.2) is 0 Å². The van der Waals surface area contributed by atoms with Crippen LogP contribution >= 0.6 is 0 Å². The molecular weight excluding hydrogens is 246 g/mol. The predicted molar refractivity (Wildman–Crippen MR) is 72.7 cm³/mol. The van der Waals surface area contributed by atoms with E-state index in [1.165, 1.54) is 13.8 Å². The fourth-order valence-corrected chi connectivity index (χ4v) is 2.07. The molecule has 19 heavy (non-hydrogen) atoms. The minimum Gasteiger partial charge on any atom is -0.481 e. The third-order valence-corrected chi connectivity index (χ3v) is 3.23. The molecule has 1 atom stereocenters. The van der Waals surface area contributed by atoms with Gasteiger partial charge in [0.25, 0.3) is 0 Å². The van der Waals surface area contributed by atoms with Crippen LogP contribution < -0.4 is 5.32 Å². The van der Waals surface area contributed by atoms with E-state index in [0.717, 1.165) is 0 Å². The van der Waals surface area contributed by atoms with Gasteiger partial charge in [-0.3, -0.25) is 14.4 Å². The number of hydrogen-bond acceptors (Lipinski definition) is 3. The van der Waals surface area contributed by atoms with E-state index in [1.54, 1.807) is 0 Å². The summed E-state index contributed by atoms with van der Waals surface area (Å²) >= 11 is 0. The lowest BCUT2D eigenvalue weighted by Crippen LogP contribution is -2.48. The Morgan fingerprint density at radius 2 is 1.63 bits per heavy atom. The van der Waals surface area contributed by atoms with Crippen LogP contribution in [0.25, 0.3) is 0 Å². The molecule has 5 heteroatoms. The minimum atomic E-state index is -0.989. The molecule has 0 spiro atoms. The highest BCUT2D eigenvalue weighted by atomic mass is 16.4. The molecule has 0 aliphatic carbocycles. The maximum absolute atomic E-state index is 11.8. The van der Waals surface area contributed by atoms with Crippen molar-refractivity contribution in [2.24, 2.45) is 11.3 Å². The van der Waals surface area contributed by atoms with E-state index >= 15 is 0 Å². The fraction of sp³-hybridized carbons (Fsp3) is 0.786. The zero-order valence-corrected chi connectivity index (χ0v) is 12.7. The van der Waals surface area contributed by atoms with Gasteiger partial charge in [-0.15, -0.1) is 0 Å². The van der Waals surface area contributed by atoms with Crippen LogP contribution in [0.15, 0.2) is 0 Å². The first kappa shape index (κ1) is 17.6. The van der Waals surface area contributed by atoms with Crippen LogP contribution in [0, 0.1) is 11.3 Å². The Balaban J connectivity index is 4.57. The summed E-state index contributed by atoms with van der Waals surface area (Å²) in [5.74, 6) is -1.94. The van der Waals surface area contributed by atoms with Crippen molar-refractivity contribution >= 4 is 17.7 Å². The van der Waals surface area contributed by atoms with Crippen molar-refractivity contribution in [2.45, 2.75) is 59.9 Å². The monoisotopic (exact) mass is 271 g/mol. The molecule has 2 N–H and O–H groups in total. The number of aliphatic carboxylic acids is 1. The van der Waals surface area contributed by atoms with Crippen LogP contribution in [0.1, 0.15) is 54.4 Å². The van der Waals surface area contributed by atoms with Gasteiger partial charge in [-0.2, -0.15) is 0 Å². The van der Waals surface area contributed by atoms with Gasteiger partial charge in [0.2, 0.25) is 5.91 Å². The van der Waals surface area contributed by atoms with Gasteiger partial charge in [0.15, 0.2) is 0 Å². The first-order chi connectivity index (χ1) is 8.37. The molecule has 0 aromatic carbocycles. The lowest BCUT2D eigenvalue weighted by molar-refractivity contribution is -0.143. The van der Waals surface area contributed by atoms with Crippen molar-refractivity contribution < 1.29 is 19.5 Å². The van der Waals surface area contributed by atoms with Gasteiger partial charge in [-0.1, -0.05) is 20.8 Å². The van der Waals surface area contributed by atoms with E-state index in [9.17, 15) is 14.4 Å². The Hall–Kier alpha value is -1.39. The largest absolute Gasteiger partial charge is 0.481 e. The van der Waals surface area contributed by atoms with Gasteiger partial charge < -0.3 is 10.4 Å². The fourth-order valence-electron chi connectivity index (χ4n) is 2.07. The minimum absolute atomic E-state index is 0.0563. The molecule has 0 heterocycles. The number of carboxylic acids is 1. The van der Waals surface area contributed by atoms with Crippen LogP contribution in [-0.4, -0.2) is 28.3 Å². The standard InChI is InChI=1S/C14H25NO4/c1-9(12(18)19)7-11(17)15-14(5,6)8-13(3,4)10(2)16/h9H,7-8H2,1-6H3,(H,15,17)(H,18,19). The van der Waals surface area contributed by atoms with Crippen molar-refractivity contribution in [1.29, 1.82) is 0 Å². The third kappa shape index (κ3) is 6.36. The van der Waals surface area contributed by atoms with Crippen molar-refractivity contribution in [2.75, 3.05) is 0 Å². The summed E-state index contributed by atoms with van der Waals surface area (Å²) < 4.78 is 0. The van der Waals surface area contributed by atoms with Crippen molar-refractivity contribution in [3.05, 3.63) is 0 Å². The molecule has 5 nitrogen and oxygen atoms in total. The SMILES string of the molecule is CC(=O)C(C)(C)CC(C)(C)NC(=O)CC(C)C(=O)O. The Bertz CT molecular complexity index is 372. The number of carbonyl (C=O) groups is 3. The number of rotatable bonds is 7. The summed E-state index contributed by atoms with van der Waals surface area (Å²) in [5, 5.41) is 11.6. The quantitative estimate of drug-likeness (QED) is 0.741. The van der Waals surface area contributed by atoms with Crippen LogP contribution in [0.4, 0.5) is 0 Å². The van der Waals surface area contributed by atoms with Gasteiger partial charge in [0.05, 0.1) is 5.92 Å². The summed E-state index contributed by atoms with van der Waals surface area (Å²) in [6, 6.07) is 0. The molecule has 0 saturated carbocycles. The van der Waals surface area contributed by atoms with Crippen molar-refractivity contribution in [1.82, 2.24) is 5.32 Å². The van der Waals surface area contributed by atoms with E-state index < -0.39 is 22.8 Å². The summed E-state index contributed by atoms with van der Waals surface area (Å²) in [6.45, 7) is 10.4. The molecule has 0 aliphatic rings. The maximum Gasteiger partial charge on any atom is 0.306 e. The van der Waals surface area contributed by atoms with E-state index in [2.05, 4.69) is 5.32 Å². The molecular formula is C14H25NO4. The smallest absolute Gasteiger partial charge is 0.306 e. The Labute approximate surface area is 114 Å². The number of amides is 1. The number of carbonyl (C=O) groups excluding carboxylic acids is 2. The van der Waals surface area contributed by atoms with Crippen molar-refractivity contribution in [3.63, 3.8) is 0 Å². The maximum atomic E-state index is 11.8. The molecule has 0 rings (SSSR count). The Morgan fingerprint density at radius 3 is 2.00 bits per heavy atom. The average molecular weight is 271 g/mol. The van der Waals surface area contributed by atoms with Gasteiger partial charge in [-0.05, 0) is 27.2 Å². The molecule has 110 valence electrons. The molecule has 1 unspecified atom stereocenters. The summed E-state index contributed by atoms with van der Waals surface area (Å²) in [4.78, 5) is 34.0. The molecule has 1 amide bonds. The normalized spacial score (nSPS) is 13.8. The molecule has 0 aromatic rings. The number of nitrogens with one attached hydrogen (secondary N) is 1. The van der Waals surface area contributed by atoms with Crippen LogP contribution in [0.5, 0.6) is 0 Å². The van der Waals surface area contributed by atoms with Gasteiger partial charge >= 0.3 is 5.97 Å². The van der Waals surface area contributed by atoms with Gasteiger partial charge in [0, 0.05) is 17.4 Å². The van der Waals surface area contributed by atoms with Crippen LogP contribution in [0.2, 0.25) is 0 Å². The lowest BCUT2D eigenvalue weighted by atomic mass is 9.77. The first-order valence-corrected chi connectivity index (χ1v) is 6.42. The summed E-state index contributed by atoms with van der Waals surface area (Å²) in [5.41, 5.74) is -1.07. The molecule has 0 radical (unpaired) electrons. The van der Waals surface area contributed by atoms with Gasteiger partial charge in [0.1, 0.15) is 5.78 Å². The van der Waals surface area contributed by atoms with Crippen molar-refractivity contribution in [3.8, 4) is 0 Å². The Kier molecular flexibility index (Phi) is 5.72. The summed E-state index contributed by atoms with van der Waals surface area (Å²) in [7, 11) is 0. The molecule has 0 saturated heterocycles. The summed E-state index contributed by atoms with van der Waals surface area (Å²) in [6.07, 6.45) is 0.446. The zero-order valence-electron chi connectivity index (χ0n) is 12.7. The predicted octanol–water partition coefficient (Wildman–Crippen LogP) is 2.00. The second kappa shape index (κ2) is 6.17. The molecule has 0 fully saturated rings. The second-order valence-electron chi connectivity index (χ2n) is 6.49. The van der Waals surface area contributed by atoms with E-state index in [-0.39, 0.29) is 18.1 Å². The average Bonchev–Trinajstić information content (AvgIpc) is 2.13. The Morgan fingerprint density at radius 1 is 1.16 bits per heavy atom. The third-order valence-electron chi connectivity index (χ3n) is 3.23. The van der Waals surface area contributed by atoms with E-state index in [0.29, 0.717) is 6.42 Å². The number of ketones is 1. The highest BCUT2D eigenvalue weighted by molar-refractivity contribution is 5.83. The molecule has 0 aromatic heterocycles. The van der Waals surface area contributed by atoms with Crippen LogP contribution in [-0.2, 0) is 14.4 Å². The second-order valence-corrected chi connectivity index (χ2v) is 6.49. The number of carboxylic acid groups (broad SMARTS) is 1. The van der Waals surface area contributed by atoms with E-state index in [4.69, 9.17) is 5.11 Å². The highest BCUT2D eigenvalue weighted by Crippen LogP contribution is 2.28. The highest BCUT2D eigenvalue weighted by Gasteiger charge is 2.33.